The first-order valence-electron chi connectivity index (χ1n) is 4.88. The molecule has 7 heteroatoms. The van der Waals surface area contributed by atoms with Crippen molar-refractivity contribution in [2.75, 3.05) is 13.2 Å². The molecule has 0 aliphatic heterocycles. The number of benzene rings is 1. The second-order valence-corrected chi connectivity index (χ2v) is 3.16. The van der Waals surface area contributed by atoms with E-state index in [1.807, 2.05) is 0 Å². The Labute approximate surface area is 95.1 Å². The van der Waals surface area contributed by atoms with Crippen molar-refractivity contribution in [3.05, 3.63) is 18.2 Å². The Kier molecular flexibility index (Phi) is 3.38. The molecule has 0 spiro atoms. The topological polar surface area (TPSA) is 70.5 Å². The van der Waals surface area contributed by atoms with Gasteiger partial charge in [-0.1, -0.05) is 0 Å². The van der Waals surface area contributed by atoms with Crippen molar-refractivity contribution in [1.29, 1.82) is 0 Å². The van der Waals surface area contributed by atoms with Crippen LogP contribution >= 0.6 is 0 Å². The van der Waals surface area contributed by atoms with Crippen LogP contribution in [0.4, 0.5) is 8.78 Å². The van der Waals surface area contributed by atoms with Crippen LogP contribution in [-0.2, 0) is 0 Å². The highest BCUT2D eigenvalue weighted by Crippen LogP contribution is 2.29. The SMILES string of the molecule is NCCOc1noc2ccc(OC(F)F)cc12. The molecule has 2 aromatic rings. The van der Waals surface area contributed by atoms with Gasteiger partial charge in [-0.3, -0.25) is 0 Å². The normalized spacial score (nSPS) is 11.1. The summed E-state index contributed by atoms with van der Waals surface area (Å²) >= 11 is 0. The summed E-state index contributed by atoms with van der Waals surface area (Å²) in [5, 5.41) is 4.13. The van der Waals surface area contributed by atoms with E-state index < -0.39 is 6.61 Å². The van der Waals surface area contributed by atoms with Gasteiger partial charge in [0, 0.05) is 6.54 Å². The van der Waals surface area contributed by atoms with Gasteiger partial charge in [0.05, 0.1) is 5.39 Å². The first-order valence-corrected chi connectivity index (χ1v) is 4.88. The van der Waals surface area contributed by atoms with Gasteiger partial charge in [-0.15, -0.1) is 0 Å². The van der Waals surface area contributed by atoms with Crippen molar-refractivity contribution in [3.8, 4) is 11.6 Å². The number of nitrogens with zero attached hydrogens (tertiary/aromatic N) is 1. The van der Waals surface area contributed by atoms with Crippen LogP contribution in [0.1, 0.15) is 0 Å². The van der Waals surface area contributed by atoms with Gasteiger partial charge in [-0.2, -0.15) is 8.78 Å². The van der Waals surface area contributed by atoms with Crippen LogP contribution in [0.5, 0.6) is 11.6 Å². The number of hydrogen-bond donors (Lipinski definition) is 1. The highest BCUT2D eigenvalue weighted by Gasteiger charge is 2.12. The second-order valence-electron chi connectivity index (χ2n) is 3.16. The van der Waals surface area contributed by atoms with Gasteiger partial charge < -0.3 is 19.7 Å². The van der Waals surface area contributed by atoms with Crippen molar-refractivity contribution < 1.29 is 22.8 Å². The number of aromatic nitrogens is 1. The van der Waals surface area contributed by atoms with E-state index in [1.54, 1.807) is 0 Å². The number of halogens is 2. The maximum atomic E-state index is 12.0. The largest absolute Gasteiger partial charge is 0.474 e. The number of ether oxygens (including phenoxy) is 2. The average molecular weight is 244 g/mol. The zero-order chi connectivity index (χ0) is 12.3. The van der Waals surface area contributed by atoms with Crippen molar-refractivity contribution >= 4 is 11.0 Å². The summed E-state index contributed by atoms with van der Waals surface area (Å²) < 4.78 is 38.5. The summed E-state index contributed by atoms with van der Waals surface area (Å²) in [5.41, 5.74) is 5.71. The van der Waals surface area contributed by atoms with Crippen molar-refractivity contribution in [1.82, 2.24) is 5.16 Å². The van der Waals surface area contributed by atoms with Crippen molar-refractivity contribution in [3.63, 3.8) is 0 Å². The number of hydrogen-bond acceptors (Lipinski definition) is 5. The van der Waals surface area contributed by atoms with Crippen LogP contribution in [0.2, 0.25) is 0 Å². The lowest BCUT2D eigenvalue weighted by atomic mass is 10.2. The number of alkyl halides is 2. The third-order valence-corrected chi connectivity index (χ3v) is 1.99. The lowest BCUT2D eigenvalue weighted by Crippen LogP contribution is -2.10. The van der Waals surface area contributed by atoms with E-state index in [2.05, 4.69) is 9.89 Å². The Morgan fingerprint density at radius 1 is 1.41 bits per heavy atom. The summed E-state index contributed by atoms with van der Waals surface area (Å²) in [6, 6.07) is 4.23. The molecule has 0 unspecified atom stereocenters. The zero-order valence-electron chi connectivity index (χ0n) is 8.73. The van der Waals surface area contributed by atoms with Gasteiger partial charge in [-0.05, 0) is 23.4 Å². The van der Waals surface area contributed by atoms with Gasteiger partial charge in [-0.25, -0.2) is 0 Å². The first-order chi connectivity index (χ1) is 8.20. The predicted octanol–water partition coefficient (Wildman–Crippen LogP) is 1.77. The smallest absolute Gasteiger partial charge is 0.387 e. The molecular weight excluding hydrogens is 234 g/mol. The third kappa shape index (κ3) is 2.62. The summed E-state index contributed by atoms with van der Waals surface area (Å²) in [6.45, 7) is -2.29. The molecule has 5 nitrogen and oxygen atoms in total. The lowest BCUT2D eigenvalue weighted by Gasteiger charge is -2.03. The van der Waals surface area contributed by atoms with E-state index in [-0.39, 0.29) is 18.2 Å². The molecule has 92 valence electrons. The van der Waals surface area contributed by atoms with E-state index in [0.29, 0.717) is 17.5 Å². The summed E-state index contributed by atoms with van der Waals surface area (Å²) in [4.78, 5) is 0. The minimum atomic E-state index is -2.87. The molecule has 0 amide bonds. The van der Waals surface area contributed by atoms with E-state index >= 15 is 0 Å². The maximum Gasteiger partial charge on any atom is 0.387 e. The van der Waals surface area contributed by atoms with Crippen LogP contribution in [0.15, 0.2) is 22.7 Å². The monoisotopic (exact) mass is 244 g/mol. The Balaban J connectivity index is 2.29. The van der Waals surface area contributed by atoms with E-state index in [4.69, 9.17) is 15.0 Å². The van der Waals surface area contributed by atoms with Crippen LogP contribution in [0, 0.1) is 0 Å². The molecule has 0 aliphatic rings. The molecule has 2 rings (SSSR count). The Morgan fingerprint density at radius 2 is 2.24 bits per heavy atom. The van der Waals surface area contributed by atoms with Crippen LogP contribution < -0.4 is 15.2 Å². The Hall–Kier alpha value is -1.89. The van der Waals surface area contributed by atoms with Crippen LogP contribution in [0.3, 0.4) is 0 Å². The molecule has 0 bridgehead atoms. The summed E-state index contributed by atoms with van der Waals surface area (Å²) in [5.74, 6) is 0.235. The number of fused-ring (bicyclic) bond motifs is 1. The zero-order valence-corrected chi connectivity index (χ0v) is 8.73. The van der Waals surface area contributed by atoms with E-state index in [1.165, 1.54) is 18.2 Å². The van der Waals surface area contributed by atoms with E-state index in [9.17, 15) is 8.78 Å². The van der Waals surface area contributed by atoms with Gasteiger partial charge in [0.1, 0.15) is 12.4 Å². The van der Waals surface area contributed by atoms with E-state index in [0.717, 1.165) is 0 Å². The highest BCUT2D eigenvalue weighted by atomic mass is 19.3. The third-order valence-electron chi connectivity index (χ3n) is 1.99. The fourth-order valence-electron chi connectivity index (χ4n) is 1.33. The minimum Gasteiger partial charge on any atom is -0.474 e. The molecule has 0 aliphatic carbocycles. The molecule has 2 N–H and O–H groups in total. The quantitative estimate of drug-likeness (QED) is 0.867. The standard InChI is InChI=1S/C10H10F2N2O3/c11-10(12)16-6-1-2-8-7(5-6)9(14-17-8)15-4-3-13/h1-2,5,10H,3-4,13H2. The van der Waals surface area contributed by atoms with Crippen LogP contribution in [-0.4, -0.2) is 24.9 Å². The number of rotatable bonds is 5. The molecule has 17 heavy (non-hydrogen) atoms. The van der Waals surface area contributed by atoms with Gasteiger partial charge in [0.25, 0.3) is 5.88 Å². The summed E-state index contributed by atoms with van der Waals surface area (Å²) in [7, 11) is 0. The molecular formula is C10H10F2N2O3. The number of nitrogens with two attached hydrogens (primary N) is 1. The predicted molar refractivity (Wildman–Crippen MR) is 55.2 cm³/mol. The fraction of sp³-hybridized carbons (Fsp3) is 0.300. The molecule has 0 saturated carbocycles. The van der Waals surface area contributed by atoms with Gasteiger partial charge in [0.2, 0.25) is 0 Å². The Bertz CT molecular complexity index is 501. The first kappa shape index (κ1) is 11.6. The van der Waals surface area contributed by atoms with Crippen LogP contribution in [0.25, 0.3) is 11.0 Å². The van der Waals surface area contributed by atoms with Crippen molar-refractivity contribution in [2.45, 2.75) is 6.61 Å². The Morgan fingerprint density at radius 3 is 2.94 bits per heavy atom. The molecule has 0 fully saturated rings. The summed E-state index contributed by atoms with van der Waals surface area (Å²) in [6.07, 6.45) is 0. The van der Waals surface area contributed by atoms with Gasteiger partial charge in [0.15, 0.2) is 5.58 Å². The molecule has 1 aromatic carbocycles. The lowest BCUT2D eigenvalue weighted by molar-refractivity contribution is -0.0497. The molecule has 0 saturated heterocycles. The maximum absolute atomic E-state index is 12.0. The van der Waals surface area contributed by atoms with Gasteiger partial charge >= 0.3 is 6.61 Å². The molecule has 0 atom stereocenters. The minimum absolute atomic E-state index is 0.0216. The highest BCUT2D eigenvalue weighted by molar-refractivity contribution is 5.83. The molecule has 1 heterocycles. The van der Waals surface area contributed by atoms with Crippen molar-refractivity contribution in [2.24, 2.45) is 5.73 Å². The molecule has 1 aromatic heterocycles. The molecule has 0 radical (unpaired) electrons. The average Bonchev–Trinajstić information content (AvgIpc) is 2.68. The second kappa shape index (κ2) is 4.96. The fourth-order valence-corrected chi connectivity index (χ4v) is 1.33.